The van der Waals surface area contributed by atoms with Crippen LogP contribution in [0.5, 0.6) is 0 Å². The topological polar surface area (TPSA) is 52.7 Å². The standard InChI is InChI=1S/C10H10N2O2/c13-12(14)10-5-3-9(4-6-10)11-7-1-2-8-11/h1-8,12-13H. The first kappa shape index (κ1) is 8.96. The number of benzene rings is 1. The predicted molar refractivity (Wildman–Crippen MR) is 51.5 cm³/mol. The van der Waals surface area contributed by atoms with Crippen molar-refractivity contribution in [3.8, 4) is 5.69 Å². The van der Waals surface area contributed by atoms with E-state index in [-0.39, 0.29) is 0 Å². The largest absolute Gasteiger partial charge is 0.595 e. The normalized spacial score (nSPS) is 12.7. The molecule has 1 heterocycles. The molecule has 1 aromatic heterocycles. The molecular formula is C10H10N2O2. The molecule has 0 radical (unpaired) electrons. The van der Waals surface area contributed by atoms with Crippen LogP contribution in [-0.2, 0) is 0 Å². The second kappa shape index (κ2) is 3.63. The first-order valence-electron chi connectivity index (χ1n) is 4.24. The highest BCUT2D eigenvalue weighted by Gasteiger charge is 1.99. The molecule has 14 heavy (non-hydrogen) atoms. The van der Waals surface area contributed by atoms with Crippen LogP contribution in [0.2, 0.25) is 0 Å². The van der Waals surface area contributed by atoms with Crippen LogP contribution >= 0.6 is 0 Å². The third-order valence-corrected chi connectivity index (χ3v) is 2.02. The number of hydrogen-bond donors (Lipinski definition) is 2. The van der Waals surface area contributed by atoms with Crippen molar-refractivity contribution in [2.75, 3.05) is 0 Å². The van der Waals surface area contributed by atoms with E-state index in [9.17, 15) is 5.21 Å². The Morgan fingerprint density at radius 1 is 1.07 bits per heavy atom. The Kier molecular flexibility index (Phi) is 2.32. The van der Waals surface area contributed by atoms with Crippen molar-refractivity contribution in [1.82, 2.24) is 4.57 Å². The number of hydrogen-bond acceptors (Lipinski definition) is 2. The molecule has 2 aromatic rings. The molecular weight excluding hydrogens is 180 g/mol. The lowest BCUT2D eigenvalue weighted by molar-refractivity contribution is -0.991. The molecule has 72 valence electrons. The summed E-state index contributed by atoms with van der Waals surface area (Å²) in [4.78, 5) is 0. The summed E-state index contributed by atoms with van der Waals surface area (Å²) in [5.74, 6) is 0. The zero-order chi connectivity index (χ0) is 9.97. The van der Waals surface area contributed by atoms with Gasteiger partial charge >= 0.3 is 0 Å². The highest BCUT2D eigenvalue weighted by atomic mass is 16.8. The third kappa shape index (κ3) is 1.67. The number of quaternary nitrogens is 1. The molecule has 0 spiro atoms. The number of aromatic nitrogens is 1. The minimum Gasteiger partial charge on any atom is -0.595 e. The average molecular weight is 190 g/mol. The van der Waals surface area contributed by atoms with E-state index in [4.69, 9.17) is 5.21 Å². The number of nitrogens with zero attached hydrogens (tertiary/aromatic N) is 1. The van der Waals surface area contributed by atoms with E-state index in [0.29, 0.717) is 5.69 Å². The molecule has 4 nitrogen and oxygen atoms in total. The van der Waals surface area contributed by atoms with E-state index in [2.05, 4.69) is 0 Å². The SMILES string of the molecule is [O-][NH+](O)c1ccc(-n2cccc2)cc1. The van der Waals surface area contributed by atoms with Gasteiger partial charge in [0.2, 0.25) is 0 Å². The van der Waals surface area contributed by atoms with Crippen LogP contribution in [0.4, 0.5) is 5.69 Å². The summed E-state index contributed by atoms with van der Waals surface area (Å²) in [6.07, 6.45) is 3.82. The fourth-order valence-electron chi connectivity index (χ4n) is 1.28. The summed E-state index contributed by atoms with van der Waals surface area (Å²) < 4.78 is 1.92. The summed E-state index contributed by atoms with van der Waals surface area (Å²) >= 11 is 0. The maximum Gasteiger partial charge on any atom is 0.163 e. The van der Waals surface area contributed by atoms with E-state index >= 15 is 0 Å². The van der Waals surface area contributed by atoms with Crippen LogP contribution in [-0.4, -0.2) is 9.77 Å². The molecule has 1 atom stereocenters. The quantitative estimate of drug-likeness (QED) is 0.691. The van der Waals surface area contributed by atoms with Gasteiger partial charge in [-0.3, -0.25) is 0 Å². The van der Waals surface area contributed by atoms with Crippen LogP contribution in [0, 0.1) is 5.21 Å². The number of rotatable bonds is 2. The molecule has 0 amide bonds. The van der Waals surface area contributed by atoms with Crippen LogP contribution in [0.1, 0.15) is 0 Å². The summed E-state index contributed by atoms with van der Waals surface area (Å²) in [6, 6.07) is 10.6. The molecule has 1 aromatic carbocycles. The fourth-order valence-corrected chi connectivity index (χ4v) is 1.28. The lowest BCUT2D eigenvalue weighted by Crippen LogP contribution is -2.99. The first-order valence-corrected chi connectivity index (χ1v) is 4.24. The molecule has 0 saturated carbocycles. The molecule has 4 heteroatoms. The van der Waals surface area contributed by atoms with Crippen LogP contribution < -0.4 is 5.23 Å². The van der Waals surface area contributed by atoms with E-state index in [1.165, 1.54) is 0 Å². The Morgan fingerprint density at radius 2 is 1.64 bits per heavy atom. The molecule has 0 bridgehead atoms. The van der Waals surface area contributed by atoms with Crippen molar-refractivity contribution < 1.29 is 10.4 Å². The third-order valence-electron chi connectivity index (χ3n) is 2.02. The Morgan fingerprint density at radius 3 is 2.14 bits per heavy atom. The van der Waals surface area contributed by atoms with Gasteiger partial charge in [0, 0.05) is 30.2 Å². The molecule has 1 unspecified atom stereocenters. The Hall–Kier alpha value is -1.62. The van der Waals surface area contributed by atoms with Gasteiger partial charge in [-0.15, -0.1) is 0 Å². The molecule has 0 aliphatic rings. The second-order valence-corrected chi connectivity index (χ2v) is 2.94. The van der Waals surface area contributed by atoms with Crippen molar-refractivity contribution in [2.24, 2.45) is 0 Å². The van der Waals surface area contributed by atoms with E-state index in [1.807, 2.05) is 29.1 Å². The monoisotopic (exact) mass is 190 g/mol. The maximum atomic E-state index is 10.6. The zero-order valence-electron chi connectivity index (χ0n) is 7.42. The highest BCUT2D eigenvalue weighted by molar-refractivity contribution is 5.40. The minimum absolute atomic E-state index is 0.306. The number of nitrogens with one attached hydrogen (secondary N) is 1. The Bertz CT molecular complexity index is 393. The van der Waals surface area contributed by atoms with Gasteiger partial charge in [-0.05, 0) is 24.3 Å². The molecule has 2 N–H and O–H groups in total. The summed E-state index contributed by atoms with van der Waals surface area (Å²) in [5, 5.41) is 18.4. The maximum absolute atomic E-state index is 10.6. The van der Waals surface area contributed by atoms with Gasteiger partial charge in [-0.1, -0.05) is 0 Å². The molecule has 2 rings (SSSR count). The zero-order valence-corrected chi connectivity index (χ0v) is 7.42. The van der Waals surface area contributed by atoms with E-state index < -0.39 is 5.23 Å². The smallest absolute Gasteiger partial charge is 0.163 e. The van der Waals surface area contributed by atoms with Gasteiger partial charge in [0.15, 0.2) is 5.69 Å². The first-order chi connectivity index (χ1) is 6.77. The van der Waals surface area contributed by atoms with Crippen molar-refractivity contribution in [3.05, 3.63) is 54.0 Å². The van der Waals surface area contributed by atoms with Crippen LogP contribution in [0.25, 0.3) is 5.69 Å². The molecule has 0 saturated heterocycles. The lowest BCUT2D eigenvalue weighted by atomic mass is 10.3. The fraction of sp³-hybridized carbons (Fsp3) is 0. The van der Waals surface area contributed by atoms with Gasteiger partial charge in [-0.25, -0.2) is 5.21 Å². The van der Waals surface area contributed by atoms with Gasteiger partial charge < -0.3 is 9.77 Å². The summed E-state index contributed by atoms with van der Waals surface area (Å²) in [6.45, 7) is 0. The summed E-state index contributed by atoms with van der Waals surface area (Å²) in [5.41, 5.74) is 1.26. The van der Waals surface area contributed by atoms with E-state index in [0.717, 1.165) is 5.69 Å². The van der Waals surface area contributed by atoms with Gasteiger partial charge in [-0.2, -0.15) is 5.23 Å². The van der Waals surface area contributed by atoms with Gasteiger partial charge in [0.05, 0.1) is 0 Å². The van der Waals surface area contributed by atoms with Crippen LogP contribution in [0.3, 0.4) is 0 Å². The molecule has 0 fully saturated rings. The van der Waals surface area contributed by atoms with Gasteiger partial charge in [0.1, 0.15) is 0 Å². The summed E-state index contributed by atoms with van der Waals surface area (Å²) in [7, 11) is 0. The van der Waals surface area contributed by atoms with Crippen LogP contribution in [0.15, 0.2) is 48.8 Å². The van der Waals surface area contributed by atoms with Crippen molar-refractivity contribution >= 4 is 5.69 Å². The molecule has 0 aliphatic carbocycles. The Balaban J connectivity index is 2.31. The van der Waals surface area contributed by atoms with Gasteiger partial charge in [0.25, 0.3) is 0 Å². The molecule has 0 aliphatic heterocycles. The van der Waals surface area contributed by atoms with Crippen molar-refractivity contribution in [3.63, 3.8) is 0 Å². The lowest BCUT2D eigenvalue weighted by Gasteiger charge is -2.11. The van der Waals surface area contributed by atoms with Crippen molar-refractivity contribution in [1.29, 1.82) is 0 Å². The van der Waals surface area contributed by atoms with Crippen molar-refractivity contribution in [2.45, 2.75) is 0 Å². The second-order valence-electron chi connectivity index (χ2n) is 2.94. The van der Waals surface area contributed by atoms with E-state index in [1.54, 1.807) is 24.3 Å². The highest BCUT2D eigenvalue weighted by Crippen LogP contribution is 2.10. The average Bonchev–Trinajstić information content (AvgIpc) is 2.71. The predicted octanol–water partition coefficient (Wildman–Crippen LogP) is 0.881. The minimum atomic E-state index is -0.899. The Labute approximate surface area is 81.2 Å².